The van der Waals surface area contributed by atoms with Crippen molar-refractivity contribution in [2.24, 2.45) is 0 Å². The topological polar surface area (TPSA) is 96.5 Å². The van der Waals surface area contributed by atoms with Crippen LogP contribution in [0.1, 0.15) is 13.3 Å². The largest absolute Gasteiger partial charge is 0.479 e. The minimum atomic E-state index is -0.553. The lowest BCUT2D eigenvalue weighted by molar-refractivity contribution is -0.122. The van der Waals surface area contributed by atoms with Gasteiger partial charge >= 0.3 is 0 Å². The molecule has 0 bridgehead atoms. The molecule has 4 rings (SSSR count). The summed E-state index contributed by atoms with van der Waals surface area (Å²) >= 11 is 1.38. The molecule has 3 N–H and O–H groups in total. The van der Waals surface area contributed by atoms with Gasteiger partial charge < -0.3 is 20.7 Å². The molecule has 138 valence electrons. The fraction of sp³-hybridized carbons (Fsp3) is 0.211. The van der Waals surface area contributed by atoms with Crippen molar-refractivity contribution >= 4 is 46.5 Å². The van der Waals surface area contributed by atoms with E-state index in [2.05, 4.69) is 16.0 Å². The van der Waals surface area contributed by atoms with Crippen LogP contribution in [0.2, 0.25) is 0 Å². The second kappa shape index (κ2) is 6.96. The van der Waals surface area contributed by atoms with Gasteiger partial charge in [-0.3, -0.25) is 14.4 Å². The minimum Gasteiger partial charge on any atom is -0.479 e. The molecule has 0 unspecified atom stereocenters. The predicted molar refractivity (Wildman–Crippen MR) is 103 cm³/mol. The van der Waals surface area contributed by atoms with E-state index in [1.54, 1.807) is 25.1 Å². The maximum Gasteiger partial charge on any atom is 0.265 e. The molecule has 8 heteroatoms. The molecule has 0 saturated heterocycles. The Morgan fingerprint density at radius 1 is 1.11 bits per heavy atom. The molecule has 2 aliphatic rings. The zero-order valence-corrected chi connectivity index (χ0v) is 15.3. The maximum atomic E-state index is 12.4. The van der Waals surface area contributed by atoms with Gasteiger partial charge in [0.15, 0.2) is 6.10 Å². The number of para-hydroxylation sites is 1. The summed E-state index contributed by atoms with van der Waals surface area (Å²) in [7, 11) is 0. The van der Waals surface area contributed by atoms with Gasteiger partial charge in [-0.2, -0.15) is 0 Å². The molecule has 0 radical (unpaired) electrons. The van der Waals surface area contributed by atoms with Crippen LogP contribution >= 0.6 is 11.8 Å². The molecule has 7 nitrogen and oxygen atoms in total. The summed E-state index contributed by atoms with van der Waals surface area (Å²) in [6, 6.07) is 12.5. The van der Waals surface area contributed by atoms with Crippen molar-refractivity contribution in [3.05, 3.63) is 42.5 Å². The maximum absolute atomic E-state index is 12.4. The Balaban J connectivity index is 1.42. The molecule has 2 aromatic rings. The molecule has 0 fully saturated rings. The summed E-state index contributed by atoms with van der Waals surface area (Å²) in [5.74, 6) is -0.147. The fourth-order valence-corrected chi connectivity index (χ4v) is 4.00. The van der Waals surface area contributed by atoms with Crippen LogP contribution in [-0.2, 0) is 14.4 Å². The van der Waals surface area contributed by atoms with Gasteiger partial charge in [0.05, 0.1) is 16.6 Å². The van der Waals surface area contributed by atoms with Gasteiger partial charge in [0.2, 0.25) is 11.8 Å². The summed E-state index contributed by atoms with van der Waals surface area (Å²) in [5.41, 5.74) is 1.80. The van der Waals surface area contributed by atoms with Crippen LogP contribution in [-0.4, -0.2) is 29.1 Å². The summed E-state index contributed by atoms with van der Waals surface area (Å²) in [6.07, 6.45) is -0.510. The average molecular weight is 383 g/mol. The second-order valence-corrected chi connectivity index (χ2v) is 7.55. The van der Waals surface area contributed by atoms with Crippen LogP contribution in [0.4, 0.5) is 17.1 Å². The van der Waals surface area contributed by atoms with Crippen LogP contribution in [0.15, 0.2) is 47.4 Å². The minimum absolute atomic E-state index is 0.0435. The molecule has 0 saturated carbocycles. The number of rotatable bonds is 3. The highest BCUT2D eigenvalue weighted by atomic mass is 32.2. The number of amides is 3. The number of nitrogens with one attached hydrogen (secondary N) is 3. The molecular formula is C19H17N3O4S. The van der Waals surface area contributed by atoms with Gasteiger partial charge in [0, 0.05) is 17.0 Å². The Morgan fingerprint density at radius 3 is 2.74 bits per heavy atom. The highest BCUT2D eigenvalue weighted by Crippen LogP contribution is 2.37. The van der Waals surface area contributed by atoms with Gasteiger partial charge in [0.1, 0.15) is 5.75 Å². The van der Waals surface area contributed by atoms with Crippen LogP contribution in [0.5, 0.6) is 5.75 Å². The summed E-state index contributed by atoms with van der Waals surface area (Å²) in [4.78, 5) is 37.3. The third-order valence-electron chi connectivity index (χ3n) is 4.27. The van der Waals surface area contributed by atoms with E-state index < -0.39 is 11.4 Å². The lowest BCUT2D eigenvalue weighted by Crippen LogP contribution is -2.34. The van der Waals surface area contributed by atoms with Crippen molar-refractivity contribution in [2.75, 3.05) is 16.0 Å². The average Bonchev–Trinajstić information content (AvgIpc) is 2.63. The standard InChI is InChI=1S/C19H17N3O4S/c1-10-18(24)22-13-8-11(6-7-14(13)26-10)20-17(23)9-16-19(25)21-12-4-2-3-5-15(12)27-16/h2-8,10,16H,9H2,1H3,(H,20,23)(H,21,25)(H,22,24)/t10-,16-/m0/s1. The van der Waals surface area contributed by atoms with Crippen LogP contribution in [0.3, 0.4) is 0 Å². The van der Waals surface area contributed by atoms with Crippen molar-refractivity contribution in [1.29, 1.82) is 0 Å². The number of hydrogen-bond acceptors (Lipinski definition) is 5. The van der Waals surface area contributed by atoms with Crippen LogP contribution in [0, 0.1) is 0 Å². The van der Waals surface area contributed by atoms with Crippen LogP contribution in [0.25, 0.3) is 0 Å². The Bertz CT molecular complexity index is 946. The van der Waals surface area contributed by atoms with E-state index in [4.69, 9.17) is 4.74 Å². The van der Waals surface area contributed by atoms with E-state index in [1.165, 1.54) is 11.8 Å². The number of thioether (sulfide) groups is 1. The number of ether oxygens (including phenoxy) is 1. The smallest absolute Gasteiger partial charge is 0.265 e. The van der Waals surface area contributed by atoms with Crippen molar-refractivity contribution < 1.29 is 19.1 Å². The molecule has 27 heavy (non-hydrogen) atoms. The Morgan fingerprint density at radius 2 is 1.89 bits per heavy atom. The van der Waals surface area contributed by atoms with Crippen molar-refractivity contribution in [2.45, 2.75) is 29.6 Å². The molecule has 0 aromatic heterocycles. The van der Waals surface area contributed by atoms with Gasteiger partial charge in [-0.25, -0.2) is 0 Å². The summed E-state index contributed by atoms with van der Waals surface area (Å²) in [6.45, 7) is 1.67. The normalized spacial score (nSPS) is 20.5. The van der Waals surface area contributed by atoms with Gasteiger partial charge in [0.25, 0.3) is 5.91 Å². The highest BCUT2D eigenvalue weighted by molar-refractivity contribution is 8.01. The Labute approximate surface area is 159 Å². The van der Waals surface area contributed by atoms with Gasteiger partial charge in [-0.15, -0.1) is 11.8 Å². The van der Waals surface area contributed by atoms with Crippen molar-refractivity contribution in [3.63, 3.8) is 0 Å². The molecule has 0 aliphatic carbocycles. The van der Waals surface area contributed by atoms with E-state index in [-0.39, 0.29) is 24.1 Å². The van der Waals surface area contributed by atoms with E-state index in [0.29, 0.717) is 17.1 Å². The molecule has 2 atom stereocenters. The molecule has 2 aromatic carbocycles. The van der Waals surface area contributed by atoms with Gasteiger partial charge in [-0.05, 0) is 37.3 Å². The van der Waals surface area contributed by atoms with E-state index in [9.17, 15) is 14.4 Å². The summed E-state index contributed by atoms with van der Waals surface area (Å²) < 4.78 is 5.49. The first-order valence-electron chi connectivity index (χ1n) is 8.47. The van der Waals surface area contributed by atoms with E-state index >= 15 is 0 Å². The van der Waals surface area contributed by atoms with E-state index in [1.807, 2.05) is 24.3 Å². The van der Waals surface area contributed by atoms with E-state index in [0.717, 1.165) is 10.6 Å². The third-order valence-corrected chi connectivity index (χ3v) is 5.55. The van der Waals surface area contributed by atoms with Crippen LogP contribution < -0.4 is 20.7 Å². The molecule has 2 aliphatic heterocycles. The molecule has 2 heterocycles. The Kier molecular flexibility index (Phi) is 4.49. The molecular weight excluding hydrogens is 366 g/mol. The fourth-order valence-electron chi connectivity index (χ4n) is 2.89. The Hall–Kier alpha value is -3.00. The molecule has 3 amide bonds. The number of carbonyl (C=O) groups is 3. The quantitative estimate of drug-likeness (QED) is 0.757. The number of carbonyl (C=O) groups excluding carboxylic acids is 3. The number of hydrogen-bond donors (Lipinski definition) is 3. The second-order valence-electron chi connectivity index (χ2n) is 6.30. The number of anilines is 3. The number of fused-ring (bicyclic) bond motifs is 2. The molecule has 0 spiro atoms. The first-order valence-corrected chi connectivity index (χ1v) is 9.35. The van der Waals surface area contributed by atoms with Gasteiger partial charge in [-0.1, -0.05) is 12.1 Å². The lowest BCUT2D eigenvalue weighted by atomic mass is 10.2. The third kappa shape index (κ3) is 3.61. The number of benzene rings is 2. The predicted octanol–water partition coefficient (Wildman–Crippen LogP) is 2.85. The SMILES string of the molecule is C[C@@H]1Oc2ccc(NC(=O)C[C@@H]3Sc4ccccc4NC3=O)cc2NC1=O. The zero-order chi connectivity index (χ0) is 19.0. The van der Waals surface area contributed by atoms with Crippen molar-refractivity contribution in [1.82, 2.24) is 0 Å². The first kappa shape index (κ1) is 17.4. The lowest BCUT2D eigenvalue weighted by Gasteiger charge is -2.24. The highest BCUT2D eigenvalue weighted by Gasteiger charge is 2.29. The zero-order valence-electron chi connectivity index (χ0n) is 14.4. The first-order chi connectivity index (χ1) is 13.0. The van der Waals surface area contributed by atoms with Crippen molar-refractivity contribution in [3.8, 4) is 5.75 Å². The monoisotopic (exact) mass is 383 g/mol. The summed E-state index contributed by atoms with van der Waals surface area (Å²) in [5, 5.41) is 7.84.